The first kappa shape index (κ1) is 14.0. The van der Waals surface area contributed by atoms with Crippen LogP contribution in [-0.4, -0.2) is 33.6 Å². The van der Waals surface area contributed by atoms with Crippen molar-refractivity contribution >= 4 is 0 Å². The summed E-state index contributed by atoms with van der Waals surface area (Å²) < 4.78 is 2.25. The molecule has 2 aliphatic rings. The molecule has 20 heavy (non-hydrogen) atoms. The Labute approximate surface area is 121 Å². The van der Waals surface area contributed by atoms with E-state index in [0.717, 1.165) is 30.9 Å². The molecule has 1 aromatic heterocycles. The zero-order chi connectivity index (χ0) is 14.1. The fourth-order valence-electron chi connectivity index (χ4n) is 4.18. The number of hydrazine groups is 1. The first-order valence-electron chi connectivity index (χ1n) is 7.93. The molecule has 0 amide bonds. The van der Waals surface area contributed by atoms with Crippen LogP contribution in [0.5, 0.6) is 0 Å². The predicted octanol–water partition coefficient (Wildman–Crippen LogP) is 1.67. The molecule has 0 aliphatic carbocycles. The van der Waals surface area contributed by atoms with Gasteiger partial charge >= 0.3 is 0 Å². The molecule has 2 fully saturated rings. The van der Waals surface area contributed by atoms with Gasteiger partial charge in [0, 0.05) is 31.0 Å². The topological polar surface area (TPSA) is 59.1 Å². The molecule has 3 heterocycles. The third kappa shape index (κ3) is 2.38. The number of aromatic nitrogens is 2. The Morgan fingerprint density at radius 1 is 1.40 bits per heavy atom. The Hall–Kier alpha value is -0.910. The predicted molar refractivity (Wildman–Crippen MR) is 79.9 cm³/mol. The minimum atomic E-state index is 0.188. The van der Waals surface area contributed by atoms with E-state index in [2.05, 4.69) is 40.0 Å². The van der Waals surface area contributed by atoms with Gasteiger partial charge in [-0.25, -0.2) is 10.4 Å². The number of imidazole rings is 1. The Morgan fingerprint density at radius 3 is 2.70 bits per heavy atom. The summed E-state index contributed by atoms with van der Waals surface area (Å²) in [6, 6.07) is 1.67. The molecule has 2 saturated heterocycles. The zero-order valence-corrected chi connectivity index (χ0v) is 12.6. The van der Waals surface area contributed by atoms with E-state index in [1.54, 1.807) is 0 Å². The lowest BCUT2D eigenvalue weighted by atomic mass is 9.85. The van der Waals surface area contributed by atoms with Crippen molar-refractivity contribution < 1.29 is 0 Å². The second-order valence-corrected chi connectivity index (χ2v) is 6.41. The van der Waals surface area contributed by atoms with E-state index in [9.17, 15) is 0 Å². The number of aryl methyl sites for hydroxylation is 1. The number of rotatable bonds is 5. The number of piperidine rings is 1. The second kappa shape index (κ2) is 5.84. The van der Waals surface area contributed by atoms with Crippen molar-refractivity contribution in [2.45, 2.75) is 63.7 Å². The second-order valence-electron chi connectivity index (χ2n) is 6.41. The molecule has 2 aliphatic heterocycles. The van der Waals surface area contributed by atoms with E-state index in [-0.39, 0.29) is 6.04 Å². The highest BCUT2D eigenvalue weighted by atomic mass is 15.3. The first-order valence-corrected chi connectivity index (χ1v) is 7.93. The van der Waals surface area contributed by atoms with Crippen LogP contribution in [0.4, 0.5) is 0 Å². The molecule has 0 saturated carbocycles. The molecule has 5 nitrogen and oxygen atoms in total. The van der Waals surface area contributed by atoms with E-state index in [4.69, 9.17) is 5.84 Å². The molecule has 5 heteroatoms. The van der Waals surface area contributed by atoms with Crippen molar-refractivity contribution in [1.29, 1.82) is 0 Å². The number of nitrogens with two attached hydrogens (primary N) is 1. The maximum atomic E-state index is 5.89. The minimum Gasteiger partial charge on any atom is -0.334 e. The average Bonchev–Trinajstić information content (AvgIpc) is 2.94. The fraction of sp³-hybridized carbons (Fsp3) is 0.800. The van der Waals surface area contributed by atoms with Gasteiger partial charge in [0.1, 0.15) is 5.82 Å². The van der Waals surface area contributed by atoms with Gasteiger partial charge in [-0.2, -0.15) is 0 Å². The van der Waals surface area contributed by atoms with Crippen molar-refractivity contribution in [2.75, 3.05) is 7.05 Å². The third-order valence-electron chi connectivity index (χ3n) is 5.28. The van der Waals surface area contributed by atoms with Crippen molar-refractivity contribution in [3.63, 3.8) is 0 Å². The lowest BCUT2D eigenvalue weighted by Crippen LogP contribution is -2.45. The zero-order valence-electron chi connectivity index (χ0n) is 12.6. The maximum Gasteiger partial charge on any atom is 0.127 e. The molecule has 112 valence electrons. The summed E-state index contributed by atoms with van der Waals surface area (Å²) in [4.78, 5) is 7.15. The quantitative estimate of drug-likeness (QED) is 0.635. The van der Waals surface area contributed by atoms with Gasteiger partial charge in [0.05, 0.1) is 6.04 Å². The number of nitrogens with one attached hydrogen (secondary N) is 1. The largest absolute Gasteiger partial charge is 0.334 e. The molecule has 3 rings (SSSR count). The molecule has 0 aromatic carbocycles. The fourth-order valence-corrected chi connectivity index (χ4v) is 4.18. The smallest absolute Gasteiger partial charge is 0.127 e. The minimum absolute atomic E-state index is 0.188. The molecule has 0 spiro atoms. The van der Waals surface area contributed by atoms with Crippen LogP contribution in [0.1, 0.15) is 50.9 Å². The van der Waals surface area contributed by atoms with Gasteiger partial charge in [-0.15, -0.1) is 0 Å². The van der Waals surface area contributed by atoms with Crippen LogP contribution in [0, 0.1) is 5.92 Å². The molecular formula is C15H27N5. The SMILES string of the molecule is CCCn1ccnc1C(NN)C1CC2CCC(C1)N2C. The summed E-state index contributed by atoms with van der Waals surface area (Å²) in [7, 11) is 2.28. The normalized spacial score (nSPS) is 31.6. The van der Waals surface area contributed by atoms with E-state index >= 15 is 0 Å². The standard InChI is InChI=1S/C15H27N5/c1-3-7-20-8-6-17-15(20)14(18-16)11-9-12-4-5-13(10-11)19(12)2/h6,8,11-14,18H,3-5,7,9-10,16H2,1-2H3. The molecule has 2 bridgehead atoms. The van der Waals surface area contributed by atoms with Crippen LogP contribution in [0.15, 0.2) is 12.4 Å². The maximum absolute atomic E-state index is 5.89. The highest BCUT2D eigenvalue weighted by Gasteiger charge is 2.41. The van der Waals surface area contributed by atoms with Crippen LogP contribution in [-0.2, 0) is 6.54 Å². The van der Waals surface area contributed by atoms with Gasteiger partial charge in [0.15, 0.2) is 0 Å². The molecule has 3 unspecified atom stereocenters. The van der Waals surface area contributed by atoms with E-state index < -0.39 is 0 Å². The van der Waals surface area contributed by atoms with E-state index in [1.165, 1.54) is 25.7 Å². The van der Waals surface area contributed by atoms with Crippen molar-refractivity contribution in [1.82, 2.24) is 19.9 Å². The first-order chi connectivity index (χ1) is 9.74. The van der Waals surface area contributed by atoms with Crippen LogP contribution < -0.4 is 11.3 Å². The summed E-state index contributed by atoms with van der Waals surface area (Å²) in [5, 5.41) is 0. The number of nitrogens with zero attached hydrogens (tertiary/aromatic N) is 3. The summed E-state index contributed by atoms with van der Waals surface area (Å²) in [6.07, 6.45) is 10.3. The summed E-state index contributed by atoms with van der Waals surface area (Å²) in [5.74, 6) is 7.61. The highest BCUT2D eigenvalue weighted by molar-refractivity contribution is 5.05. The Morgan fingerprint density at radius 2 is 2.10 bits per heavy atom. The Bertz CT molecular complexity index is 429. The lowest BCUT2D eigenvalue weighted by molar-refractivity contribution is 0.109. The van der Waals surface area contributed by atoms with Crippen LogP contribution in [0.2, 0.25) is 0 Å². The Kier molecular flexibility index (Phi) is 4.10. The van der Waals surface area contributed by atoms with Gasteiger partial charge in [-0.1, -0.05) is 6.92 Å². The van der Waals surface area contributed by atoms with Gasteiger partial charge < -0.3 is 9.47 Å². The van der Waals surface area contributed by atoms with Crippen LogP contribution >= 0.6 is 0 Å². The molecule has 3 N–H and O–H groups in total. The van der Waals surface area contributed by atoms with Crippen molar-refractivity contribution in [3.05, 3.63) is 18.2 Å². The van der Waals surface area contributed by atoms with Gasteiger partial charge in [0.25, 0.3) is 0 Å². The van der Waals surface area contributed by atoms with Crippen molar-refractivity contribution in [3.8, 4) is 0 Å². The molecule has 1 aromatic rings. The number of hydrogen-bond donors (Lipinski definition) is 2. The summed E-state index contributed by atoms with van der Waals surface area (Å²) in [5.41, 5.74) is 3.05. The third-order valence-corrected chi connectivity index (χ3v) is 5.28. The van der Waals surface area contributed by atoms with Gasteiger partial charge in [-0.05, 0) is 45.1 Å². The van der Waals surface area contributed by atoms with Gasteiger partial charge in [0.2, 0.25) is 0 Å². The van der Waals surface area contributed by atoms with Crippen molar-refractivity contribution in [2.24, 2.45) is 11.8 Å². The van der Waals surface area contributed by atoms with E-state index in [1.807, 2.05) is 6.20 Å². The summed E-state index contributed by atoms with van der Waals surface area (Å²) in [6.45, 7) is 3.22. The lowest BCUT2D eigenvalue weighted by Gasteiger charge is -2.39. The number of fused-ring (bicyclic) bond motifs is 2. The van der Waals surface area contributed by atoms with Crippen LogP contribution in [0.3, 0.4) is 0 Å². The Balaban J connectivity index is 1.78. The molecule has 3 atom stereocenters. The monoisotopic (exact) mass is 277 g/mol. The average molecular weight is 277 g/mol. The van der Waals surface area contributed by atoms with Crippen LogP contribution in [0.25, 0.3) is 0 Å². The highest BCUT2D eigenvalue weighted by Crippen LogP contribution is 2.41. The molecular weight excluding hydrogens is 250 g/mol. The van der Waals surface area contributed by atoms with E-state index in [0.29, 0.717) is 5.92 Å². The summed E-state index contributed by atoms with van der Waals surface area (Å²) >= 11 is 0. The van der Waals surface area contributed by atoms with Gasteiger partial charge in [-0.3, -0.25) is 5.84 Å². The molecule has 0 radical (unpaired) electrons. The number of hydrogen-bond acceptors (Lipinski definition) is 4.